The Morgan fingerprint density at radius 3 is 2.93 bits per heavy atom. The van der Waals surface area contributed by atoms with Gasteiger partial charge in [0.1, 0.15) is 5.75 Å². The third-order valence-electron chi connectivity index (χ3n) is 1.87. The number of nitro benzene ring substituents is 1. The number of hydrogen-bond acceptors (Lipinski definition) is 4. The van der Waals surface area contributed by atoms with Gasteiger partial charge in [-0.2, -0.15) is 0 Å². The number of rotatable bonds is 5. The molecule has 0 amide bonds. The van der Waals surface area contributed by atoms with Crippen LogP contribution < -0.4 is 4.74 Å². The Morgan fingerprint density at radius 2 is 2.33 bits per heavy atom. The molecule has 1 unspecified atom stereocenters. The fourth-order valence-corrected chi connectivity index (χ4v) is 0.978. The number of non-ortho nitro benzene ring substituents is 1. The maximum Gasteiger partial charge on any atom is 0.273 e. The van der Waals surface area contributed by atoms with Gasteiger partial charge in [-0.3, -0.25) is 10.1 Å². The Hall–Kier alpha value is -1.62. The second-order valence-electron chi connectivity index (χ2n) is 3.35. The summed E-state index contributed by atoms with van der Waals surface area (Å²) in [7, 11) is 0. The van der Waals surface area contributed by atoms with Crippen LogP contribution in [0.5, 0.6) is 5.75 Å². The van der Waals surface area contributed by atoms with E-state index in [9.17, 15) is 10.1 Å². The number of ether oxygens (including phenoxy) is 1. The summed E-state index contributed by atoms with van der Waals surface area (Å²) in [6.45, 7) is 2.21. The van der Waals surface area contributed by atoms with Gasteiger partial charge >= 0.3 is 0 Å². The minimum Gasteiger partial charge on any atom is -0.493 e. The molecule has 0 heterocycles. The minimum atomic E-state index is -0.470. The maximum atomic E-state index is 10.5. The molecule has 1 rings (SSSR count). The van der Waals surface area contributed by atoms with E-state index in [1.165, 1.54) is 12.1 Å². The summed E-state index contributed by atoms with van der Waals surface area (Å²) in [4.78, 5) is 9.99. The topological polar surface area (TPSA) is 72.6 Å². The van der Waals surface area contributed by atoms with E-state index in [1.807, 2.05) is 6.92 Å². The molecule has 0 aliphatic carbocycles. The van der Waals surface area contributed by atoms with Crippen LogP contribution in [0.25, 0.3) is 0 Å². The van der Waals surface area contributed by atoms with E-state index in [0.29, 0.717) is 12.4 Å². The molecule has 0 saturated heterocycles. The van der Waals surface area contributed by atoms with Crippen LogP contribution >= 0.6 is 0 Å². The van der Waals surface area contributed by atoms with Gasteiger partial charge in [-0.1, -0.05) is 13.0 Å². The lowest BCUT2D eigenvalue weighted by atomic mass is 10.2. The smallest absolute Gasteiger partial charge is 0.273 e. The van der Waals surface area contributed by atoms with Crippen LogP contribution in [0.2, 0.25) is 0 Å². The largest absolute Gasteiger partial charge is 0.493 e. The van der Waals surface area contributed by atoms with Crippen molar-refractivity contribution in [3.05, 3.63) is 34.4 Å². The lowest BCUT2D eigenvalue weighted by Crippen LogP contribution is -2.12. The van der Waals surface area contributed by atoms with Gasteiger partial charge in [0.25, 0.3) is 5.69 Å². The van der Waals surface area contributed by atoms with Crippen molar-refractivity contribution in [3.63, 3.8) is 0 Å². The molecule has 0 fully saturated rings. The second kappa shape index (κ2) is 5.31. The number of aliphatic hydroxyl groups is 1. The lowest BCUT2D eigenvalue weighted by molar-refractivity contribution is -0.384. The molecule has 0 spiro atoms. The Kier molecular flexibility index (Phi) is 4.05. The number of aliphatic hydroxyl groups excluding tert-OH is 1. The Balaban J connectivity index is 2.62. The number of nitrogens with zero attached hydrogens (tertiary/aromatic N) is 1. The highest BCUT2D eigenvalue weighted by molar-refractivity contribution is 5.37. The first-order valence-corrected chi connectivity index (χ1v) is 4.61. The summed E-state index contributed by atoms with van der Waals surface area (Å²) in [6.07, 6.45) is 0. The number of nitro groups is 1. The van der Waals surface area contributed by atoms with Gasteiger partial charge in [0.15, 0.2) is 0 Å². The van der Waals surface area contributed by atoms with Crippen molar-refractivity contribution in [1.82, 2.24) is 0 Å². The summed E-state index contributed by atoms with van der Waals surface area (Å²) < 4.78 is 5.29. The van der Waals surface area contributed by atoms with Crippen LogP contribution in [-0.2, 0) is 0 Å². The highest BCUT2D eigenvalue weighted by atomic mass is 16.6. The first kappa shape index (κ1) is 11.5. The summed E-state index contributed by atoms with van der Waals surface area (Å²) in [6, 6.07) is 5.99. The molecule has 0 bridgehead atoms. The average Bonchev–Trinajstić information content (AvgIpc) is 2.26. The summed E-state index contributed by atoms with van der Waals surface area (Å²) in [5.74, 6) is 0.466. The van der Waals surface area contributed by atoms with Gasteiger partial charge in [-0.25, -0.2) is 0 Å². The zero-order valence-corrected chi connectivity index (χ0v) is 8.42. The molecule has 0 radical (unpaired) electrons. The molecule has 1 N–H and O–H groups in total. The normalized spacial score (nSPS) is 12.1. The first-order valence-electron chi connectivity index (χ1n) is 4.61. The summed E-state index contributed by atoms with van der Waals surface area (Å²) >= 11 is 0. The summed E-state index contributed by atoms with van der Waals surface area (Å²) in [5.41, 5.74) is 0.00384. The van der Waals surface area contributed by atoms with E-state index in [0.717, 1.165) is 0 Å². The molecule has 1 aromatic carbocycles. The van der Waals surface area contributed by atoms with E-state index >= 15 is 0 Å². The van der Waals surface area contributed by atoms with Gasteiger partial charge in [-0.05, 0) is 6.07 Å². The quantitative estimate of drug-likeness (QED) is 0.593. The van der Waals surface area contributed by atoms with Crippen molar-refractivity contribution in [1.29, 1.82) is 0 Å². The highest BCUT2D eigenvalue weighted by Gasteiger charge is 2.07. The van der Waals surface area contributed by atoms with Crippen molar-refractivity contribution in [2.75, 3.05) is 13.2 Å². The minimum absolute atomic E-state index is 0.00384. The SMILES string of the molecule is CC(CO)COc1cccc([N+](=O)[O-])c1. The van der Waals surface area contributed by atoms with Crippen LogP contribution in [0.4, 0.5) is 5.69 Å². The van der Waals surface area contributed by atoms with Gasteiger partial charge in [-0.15, -0.1) is 0 Å². The Morgan fingerprint density at radius 1 is 1.60 bits per heavy atom. The fraction of sp³-hybridized carbons (Fsp3) is 0.400. The molecule has 5 nitrogen and oxygen atoms in total. The Labute approximate surface area is 87.5 Å². The maximum absolute atomic E-state index is 10.5. The molecule has 15 heavy (non-hydrogen) atoms. The third kappa shape index (κ3) is 3.55. The van der Waals surface area contributed by atoms with Crippen LogP contribution in [0.1, 0.15) is 6.92 Å². The van der Waals surface area contributed by atoms with E-state index in [4.69, 9.17) is 9.84 Å². The van der Waals surface area contributed by atoms with Crippen LogP contribution in [-0.4, -0.2) is 23.2 Å². The molecule has 1 aromatic rings. The molecular weight excluding hydrogens is 198 g/mol. The lowest BCUT2D eigenvalue weighted by Gasteiger charge is -2.09. The third-order valence-corrected chi connectivity index (χ3v) is 1.87. The van der Waals surface area contributed by atoms with Crippen molar-refractivity contribution < 1.29 is 14.8 Å². The Bertz CT molecular complexity index is 340. The van der Waals surface area contributed by atoms with E-state index < -0.39 is 4.92 Å². The molecule has 5 heteroatoms. The van der Waals surface area contributed by atoms with E-state index in [2.05, 4.69) is 0 Å². The molecular formula is C10H13NO4. The second-order valence-corrected chi connectivity index (χ2v) is 3.35. The van der Waals surface area contributed by atoms with Crippen LogP contribution in [0, 0.1) is 16.0 Å². The molecule has 82 valence electrons. The van der Waals surface area contributed by atoms with E-state index in [1.54, 1.807) is 12.1 Å². The summed E-state index contributed by atoms with van der Waals surface area (Å²) in [5, 5.41) is 19.2. The molecule has 1 atom stereocenters. The van der Waals surface area contributed by atoms with Gasteiger partial charge in [0.05, 0.1) is 17.6 Å². The average molecular weight is 211 g/mol. The molecule has 0 saturated carbocycles. The first-order chi connectivity index (χ1) is 7.13. The molecule has 0 aromatic heterocycles. The molecule has 0 aliphatic heterocycles. The van der Waals surface area contributed by atoms with Crippen molar-refractivity contribution in [2.45, 2.75) is 6.92 Å². The fourth-order valence-electron chi connectivity index (χ4n) is 0.978. The number of benzene rings is 1. The highest BCUT2D eigenvalue weighted by Crippen LogP contribution is 2.19. The number of hydrogen-bond donors (Lipinski definition) is 1. The van der Waals surface area contributed by atoms with Crippen molar-refractivity contribution >= 4 is 5.69 Å². The monoisotopic (exact) mass is 211 g/mol. The van der Waals surface area contributed by atoms with Gasteiger partial charge in [0.2, 0.25) is 0 Å². The zero-order valence-electron chi connectivity index (χ0n) is 8.42. The van der Waals surface area contributed by atoms with E-state index in [-0.39, 0.29) is 18.2 Å². The van der Waals surface area contributed by atoms with Crippen LogP contribution in [0.3, 0.4) is 0 Å². The van der Waals surface area contributed by atoms with Crippen molar-refractivity contribution in [3.8, 4) is 5.75 Å². The predicted octanol–water partition coefficient (Wildman–Crippen LogP) is 1.60. The predicted molar refractivity (Wildman–Crippen MR) is 54.8 cm³/mol. The standard InChI is InChI=1S/C10H13NO4/c1-8(6-12)7-15-10-4-2-3-9(5-10)11(13)14/h2-5,8,12H,6-7H2,1H3. The van der Waals surface area contributed by atoms with Crippen LogP contribution in [0.15, 0.2) is 24.3 Å². The molecule has 0 aliphatic rings. The van der Waals surface area contributed by atoms with Gasteiger partial charge in [0, 0.05) is 18.6 Å². The van der Waals surface area contributed by atoms with Gasteiger partial charge < -0.3 is 9.84 Å². The zero-order chi connectivity index (χ0) is 11.3. The van der Waals surface area contributed by atoms with Crippen molar-refractivity contribution in [2.24, 2.45) is 5.92 Å².